The molecule has 8 heteroatoms. The summed E-state index contributed by atoms with van der Waals surface area (Å²) in [7, 11) is 0. The number of furan rings is 1. The number of aryl methyl sites for hydroxylation is 2. The van der Waals surface area contributed by atoms with Crippen LogP contribution in [0.1, 0.15) is 45.9 Å². The lowest BCUT2D eigenvalue weighted by molar-refractivity contribution is -0.118. The summed E-state index contributed by atoms with van der Waals surface area (Å²) in [6.07, 6.45) is 0. The SMILES string of the molecule is CCOC(=O)c1c(C)oc(NC(=O)COc2ccc(C)cc2)c1C(=O)OCC. The molecule has 0 aliphatic heterocycles. The maximum Gasteiger partial charge on any atom is 0.344 e. The molecule has 28 heavy (non-hydrogen) atoms. The van der Waals surface area contributed by atoms with Crippen LogP contribution in [0.25, 0.3) is 0 Å². The first-order valence-corrected chi connectivity index (χ1v) is 8.84. The van der Waals surface area contributed by atoms with Gasteiger partial charge in [-0.25, -0.2) is 9.59 Å². The Labute approximate surface area is 162 Å². The lowest BCUT2D eigenvalue weighted by Crippen LogP contribution is -2.22. The molecular formula is C20H23NO7. The van der Waals surface area contributed by atoms with E-state index in [1.807, 2.05) is 19.1 Å². The lowest BCUT2D eigenvalue weighted by atomic mass is 10.1. The molecule has 1 heterocycles. The molecule has 0 spiro atoms. The Bertz CT molecular complexity index is 852. The molecule has 0 aliphatic carbocycles. The third-order valence-corrected chi connectivity index (χ3v) is 3.69. The molecule has 0 atom stereocenters. The predicted molar refractivity (Wildman–Crippen MR) is 101 cm³/mol. The number of ether oxygens (including phenoxy) is 3. The second-order valence-corrected chi connectivity index (χ2v) is 5.83. The highest BCUT2D eigenvalue weighted by atomic mass is 16.5. The van der Waals surface area contributed by atoms with Gasteiger partial charge in [-0.3, -0.25) is 10.1 Å². The average molecular weight is 389 g/mol. The quantitative estimate of drug-likeness (QED) is 0.691. The number of carbonyl (C=O) groups excluding carboxylic acids is 3. The first-order chi connectivity index (χ1) is 13.4. The Balaban J connectivity index is 2.19. The van der Waals surface area contributed by atoms with Gasteiger partial charge in [0.2, 0.25) is 5.88 Å². The zero-order valence-corrected chi connectivity index (χ0v) is 16.3. The lowest BCUT2D eigenvalue weighted by Gasteiger charge is -2.08. The molecule has 1 N–H and O–H groups in total. The van der Waals surface area contributed by atoms with Gasteiger partial charge in [-0.1, -0.05) is 17.7 Å². The zero-order valence-electron chi connectivity index (χ0n) is 16.3. The van der Waals surface area contributed by atoms with E-state index in [0.717, 1.165) is 5.56 Å². The Morgan fingerprint density at radius 2 is 1.50 bits per heavy atom. The molecule has 1 amide bonds. The summed E-state index contributed by atoms with van der Waals surface area (Å²) < 4.78 is 20.8. The summed E-state index contributed by atoms with van der Waals surface area (Å²) in [5.74, 6) is -1.61. The second kappa shape index (κ2) is 9.59. The summed E-state index contributed by atoms with van der Waals surface area (Å²) in [6.45, 7) is 6.61. The fraction of sp³-hybridized carbons (Fsp3) is 0.350. The van der Waals surface area contributed by atoms with Crippen LogP contribution in [0.3, 0.4) is 0 Å². The highest BCUT2D eigenvalue weighted by Crippen LogP contribution is 2.29. The van der Waals surface area contributed by atoms with Crippen molar-refractivity contribution in [3.05, 3.63) is 46.7 Å². The fourth-order valence-corrected chi connectivity index (χ4v) is 2.43. The van der Waals surface area contributed by atoms with Crippen molar-refractivity contribution in [2.75, 3.05) is 25.1 Å². The number of hydrogen-bond acceptors (Lipinski definition) is 7. The van der Waals surface area contributed by atoms with Crippen LogP contribution in [-0.4, -0.2) is 37.7 Å². The number of esters is 2. The smallest absolute Gasteiger partial charge is 0.344 e. The Morgan fingerprint density at radius 3 is 2.07 bits per heavy atom. The van der Waals surface area contributed by atoms with Crippen LogP contribution in [0.15, 0.2) is 28.7 Å². The van der Waals surface area contributed by atoms with E-state index < -0.39 is 17.8 Å². The van der Waals surface area contributed by atoms with Crippen LogP contribution in [0.5, 0.6) is 5.75 Å². The van der Waals surface area contributed by atoms with E-state index in [1.54, 1.807) is 26.0 Å². The van der Waals surface area contributed by atoms with Gasteiger partial charge in [-0.2, -0.15) is 0 Å². The predicted octanol–water partition coefficient (Wildman–Crippen LogP) is 3.27. The number of rotatable bonds is 8. The van der Waals surface area contributed by atoms with Gasteiger partial charge in [0, 0.05) is 0 Å². The van der Waals surface area contributed by atoms with Crippen molar-refractivity contribution in [2.24, 2.45) is 0 Å². The summed E-state index contributed by atoms with van der Waals surface area (Å²) in [6, 6.07) is 7.19. The van der Waals surface area contributed by atoms with Gasteiger partial charge in [0.05, 0.1) is 13.2 Å². The zero-order chi connectivity index (χ0) is 20.7. The number of anilines is 1. The third kappa shape index (κ3) is 5.12. The summed E-state index contributed by atoms with van der Waals surface area (Å²) in [5.41, 5.74) is 0.810. The molecule has 0 aliphatic rings. The molecule has 0 saturated heterocycles. The van der Waals surface area contributed by atoms with Crippen molar-refractivity contribution in [2.45, 2.75) is 27.7 Å². The van der Waals surface area contributed by atoms with Crippen LogP contribution in [0.4, 0.5) is 5.88 Å². The van der Waals surface area contributed by atoms with Crippen LogP contribution in [0, 0.1) is 13.8 Å². The Morgan fingerprint density at radius 1 is 0.929 bits per heavy atom. The monoisotopic (exact) mass is 389 g/mol. The van der Waals surface area contributed by atoms with E-state index in [4.69, 9.17) is 18.6 Å². The topological polar surface area (TPSA) is 104 Å². The van der Waals surface area contributed by atoms with Gasteiger partial charge in [0.25, 0.3) is 5.91 Å². The van der Waals surface area contributed by atoms with Crippen LogP contribution >= 0.6 is 0 Å². The molecular weight excluding hydrogens is 366 g/mol. The molecule has 1 aromatic heterocycles. The molecule has 0 radical (unpaired) electrons. The number of benzene rings is 1. The third-order valence-electron chi connectivity index (χ3n) is 3.69. The van der Waals surface area contributed by atoms with Crippen LogP contribution < -0.4 is 10.1 Å². The van der Waals surface area contributed by atoms with Crippen molar-refractivity contribution >= 4 is 23.7 Å². The highest BCUT2D eigenvalue weighted by Gasteiger charge is 2.31. The minimum absolute atomic E-state index is 0.0740. The highest BCUT2D eigenvalue weighted by molar-refractivity contribution is 6.09. The number of carbonyl (C=O) groups is 3. The van der Waals surface area contributed by atoms with Gasteiger partial charge in [-0.05, 0) is 39.8 Å². The van der Waals surface area contributed by atoms with Crippen molar-refractivity contribution < 1.29 is 33.0 Å². The van der Waals surface area contributed by atoms with E-state index in [0.29, 0.717) is 5.75 Å². The number of nitrogens with one attached hydrogen (secondary N) is 1. The first-order valence-electron chi connectivity index (χ1n) is 8.84. The standard InChI is InChI=1S/C20H23NO7/c1-5-25-19(23)16-13(4)28-18(17(16)20(24)26-6-2)21-15(22)11-27-14-9-7-12(3)8-10-14/h7-10H,5-6,11H2,1-4H3,(H,21,22). The van der Waals surface area contributed by atoms with Crippen molar-refractivity contribution in [3.63, 3.8) is 0 Å². The minimum Gasteiger partial charge on any atom is -0.484 e. The average Bonchev–Trinajstić information content (AvgIpc) is 2.97. The molecule has 0 saturated carbocycles. The fourth-order valence-electron chi connectivity index (χ4n) is 2.43. The number of amides is 1. The molecule has 8 nitrogen and oxygen atoms in total. The van der Waals surface area contributed by atoms with Crippen molar-refractivity contribution in [1.29, 1.82) is 0 Å². The molecule has 0 fully saturated rings. The summed E-state index contributed by atoms with van der Waals surface area (Å²) >= 11 is 0. The maximum absolute atomic E-state index is 12.3. The minimum atomic E-state index is -0.794. The normalized spacial score (nSPS) is 10.3. The van der Waals surface area contributed by atoms with Crippen LogP contribution in [-0.2, 0) is 14.3 Å². The molecule has 150 valence electrons. The molecule has 2 aromatic rings. The second-order valence-electron chi connectivity index (χ2n) is 5.83. The molecule has 0 unspecified atom stereocenters. The van der Waals surface area contributed by atoms with E-state index in [-0.39, 0.29) is 42.6 Å². The molecule has 0 bridgehead atoms. The van der Waals surface area contributed by atoms with E-state index >= 15 is 0 Å². The van der Waals surface area contributed by atoms with Gasteiger partial charge >= 0.3 is 11.9 Å². The van der Waals surface area contributed by atoms with Gasteiger partial charge in [-0.15, -0.1) is 0 Å². The van der Waals surface area contributed by atoms with Gasteiger partial charge < -0.3 is 18.6 Å². The van der Waals surface area contributed by atoms with E-state index in [2.05, 4.69) is 5.32 Å². The summed E-state index contributed by atoms with van der Waals surface area (Å²) in [5, 5.41) is 2.45. The summed E-state index contributed by atoms with van der Waals surface area (Å²) in [4.78, 5) is 36.8. The largest absolute Gasteiger partial charge is 0.484 e. The van der Waals surface area contributed by atoms with E-state index in [9.17, 15) is 14.4 Å². The van der Waals surface area contributed by atoms with E-state index in [1.165, 1.54) is 6.92 Å². The van der Waals surface area contributed by atoms with Crippen LogP contribution in [0.2, 0.25) is 0 Å². The van der Waals surface area contributed by atoms with Gasteiger partial charge in [0.15, 0.2) is 6.61 Å². The Hall–Kier alpha value is -3.29. The van der Waals surface area contributed by atoms with Crippen molar-refractivity contribution in [1.82, 2.24) is 0 Å². The first kappa shape index (κ1) is 21.0. The van der Waals surface area contributed by atoms with Crippen molar-refractivity contribution in [3.8, 4) is 5.75 Å². The molecule has 1 aromatic carbocycles. The molecule has 2 rings (SSSR count). The van der Waals surface area contributed by atoms with Gasteiger partial charge in [0.1, 0.15) is 22.6 Å². The number of hydrogen-bond donors (Lipinski definition) is 1. The Kier molecular flexibility index (Phi) is 7.20. The maximum atomic E-state index is 12.3.